The van der Waals surface area contributed by atoms with E-state index in [9.17, 15) is 9.59 Å². The van der Waals surface area contributed by atoms with Crippen molar-refractivity contribution in [3.8, 4) is 11.5 Å². The third kappa shape index (κ3) is 5.50. The van der Waals surface area contributed by atoms with Crippen LogP contribution in [-0.4, -0.2) is 68.1 Å². The molecule has 1 unspecified atom stereocenters. The molecule has 8 nitrogen and oxygen atoms in total. The van der Waals surface area contributed by atoms with Crippen molar-refractivity contribution in [1.29, 1.82) is 0 Å². The molecule has 1 aliphatic carbocycles. The Kier molecular flexibility index (Phi) is 7.54. The van der Waals surface area contributed by atoms with E-state index in [1.165, 1.54) is 12.8 Å². The van der Waals surface area contributed by atoms with Gasteiger partial charge in [0.25, 0.3) is 5.91 Å². The number of piperazine rings is 1. The summed E-state index contributed by atoms with van der Waals surface area (Å²) in [5, 5.41) is 3.06. The van der Waals surface area contributed by atoms with Crippen LogP contribution in [0.4, 0.5) is 0 Å². The van der Waals surface area contributed by atoms with Gasteiger partial charge in [-0.2, -0.15) is 0 Å². The smallest absolute Gasteiger partial charge is 0.254 e. The molecule has 1 aromatic carbocycles. The van der Waals surface area contributed by atoms with Crippen LogP contribution in [0.2, 0.25) is 0 Å². The molecule has 1 saturated heterocycles. The molecular weight excluding hydrogens is 422 g/mol. The van der Waals surface area contributed by atoms with Crippen LogP contribution in [0.3, 0.4) is 0 Å². The van der Waals surface area contributed by atoms with E-state index < -0.39 is 0 Å². The fourth-order valence-corrected chi connectivity index (χ4v) is 4.96. The van der Waals surface area contributed by atoms with Gasteiger partial charge in [0.1, 0.15) is 17.3 Å². The second kappa shape index (κ2) is 10.7. The number of carbonyl (C=O) groups excluding carboxylic acids is 2. The highest BCUT2D eigenvalue weighted by atomic mass is 16.5. The summed E-state index contributed by atoms with van der Waals surface area (Å²) in [6, 6.07) is 8.74. The molecular formula is C25H33N3O5. The lowest BCUT2D eigenvalue weighted by Crippen LogP contribution is -2.57. The number of hydrogen-bond acceptors (Lipinski definition) is 6. The van der Waals surface area contributed by atoms with Gasteiger partial charge in [0.05, 0.1) is 33.1 Å². The van der Waals surface area contributed by atoms with Crippen molar-refractivity contribution in [2.24, 2.45) is 5.92 Å². The summed E-state index contributed by atoms with van der Waals surface area (Å²) >= 11 is 0. The molecule has 0 spiro atoms. The number of rotatable bonds is 8. The highest BCUT2D eigenvalue weighted by Crippen LogP contribution is 2.31. The molecule has 33 heavy (non-hydrogen) atoms. The van der Waals surface area contributed by atoms with E-state index in [4.69, 9.17) is 13.9 Å². The predicted octanol–water partition coefficient (Wildman–Crippen LogP) is 2.93. The van der Waals surface area contributed by atoms with Gasteiger partial charge in [0.2, 0.25) is 5.91 Å². The molecule has 1 saturated carbocycles. The summed E-state index contributed by atoms with van der Waals surface area (Å²) in [6.07, 6.45) is 6.10. The van der Waals surface area contributed by atoms with E-state index in [1.54, 1.807) is 38.7 Å². The molecule has 2 fully saturated rings. The summed E-state index contributed by atoms with van der Waals surface area (Å²) in [4.78, 5) is 30.4. The first-order chi connectivity index (χ1) is 16.1. The van der Waals surface area contributed by atoms with Gasteiger partial charge in [-0.05, 0) is 43.0 Å². The van der Waals surface area contributed by atoms with Crippen LogP contribution >= 0.6 is 0 Å². The maximum Gasteiger partial charge on any atom is 0.254 e. The van der Waals surface area contributed by atoms with E-state index >= 15 is 0 Å². The molecule has 2 amide bonds. The van der Waals surface area contributed by atoms with Crippen molar-refractivity contribution in [2.75, 3.05) is 40.4 Å². The number of nitrogens with one attached hydrogen (secondary N) is 1. The van der Waals surface area contributed by atoms with Crippen molar-refractivity contribution in [1.82, 2.24) is 15.1 Å². The second-order valence-corrected chi connectivity index (χ2v) is 8.72. The maximum absolute atomic E-state index is 13.2. The van der Waals surface area contributed by atoms with Crippen LogP contribution < -0.4 is 14.8 Å². The molecule has 8 heteroatoms. The van der Waals surface area contributed by atoms with Gasteiger partial charge in [0.15, 0.2) is 0 Å². The minimum Gasteiger partial charge on any atom is -0.497 e. The molecule has 0 radical (unpaired) electrons. The van der Waals surface area contributed by atoms with Gasteiger partial charge >= 0.3 is 0 Å². The van der Waals surface area contributed by atoms with E-state index in [0.717, 1.165) is 18.6 Å². The highest BCUT2D eigenvalue weighted by molar-refractivity contribution is 5.95. The topological polar surface area (TPSA) is 84.2 Å². The number of ether oxygens (including phenoxy) is 2. The fraction of sp³-hybridized carbons (Fsp3) is 0.520. The number of methoxy groups -OCH3 is 2. The lowest BCUT2D eigenvalue weighted by atomic mass is 9.95. The van der Waals surface area contributed by atoms with E-state index in [0.29, 0.717) is 55.7 Å². The molecule has 2 aliphatic rings. The van der Waals surface area contributed by atoms with Crippen molar-refractivity contribution in [2.45, 2.75) is 38.3 Å². The molecule has 2 heterocycles. The molecule has 1 N–H and O–H groups in total. The Bertz CT molecular complexity index is 909. The molecule has 178 valence electrons. The minimum atomic E-state index is -0.170. The number of benzene rings is 1. The third-order valence-electron chi connectivity index (χ3n) is 6.73. The van der Waals surface area contributed by atoms with Gasteiger partial charge in [-0.1, -0.05) is 12.8 Å². The molecule has 1 aliphatic heterocycles. The first-order valence-electron chi connectivity index (χ1n) is 11.7. The maximum atomic E-state index is 13.2. The Morgan fingerprint density at radius 3 is 2.30 bits per heavy atom. The lowest BCUT2D eigenvalue weighted by molar-refractivity contribution is -0.129. The van der Waals surface area contributed by atoms with Crippen molar-refractivity contribution in [3.05, 3.63) is 47.9 Å². The Labute approximate surface area is 194 Å². The summed E-state index contributed by atoms with van der Waals surface area (Å²) in [6.45, 7) is 2.88. The first kappa shape index (κ1) is 23.2. The van der Waals surface area contributed by atoms with Crippen LogP contribution in [0.15, 0.2) is 41.0 Å². The first-order valence-corrected chi connectivity index (χ1v) is 11.7. The monoisotopic (exact) mass is 455 g/mol. The van der Waals surface area contributed by atoms with Gasteiger partial charge < -0.3 is 24.1 Å². The number of furan rings is 1. The number of carbonyl (C=O) groups is 2. The van der Waals surface area contributed by atoms with Gasteiger partial charge in [-0.25, -0.2) is 0 Å². The van der Waals surface area contributed by atoms with Crippen LogP contribution in [-0.2, 0) is 11.3 Å². The van der Waals surface area contributed by atoms with E-state index in [-0.39, 0.29) is 17.9 Å². The fourth-order valence-electron chi connectivity index (χ4n) is 4.96. The average Bonchev–Trinajstić information content (AvgIpc) is 3.57. The molecule has 4 rings (SSSR count). The summed E-state index contributed by atoms with van der Waals surface area (Å²) in [5.41, 5.74) is 0.545. The number of hydrogen-bond donors (Lipinski definition) is 1. The predicted molar refractivity (Wildman–Crippen MR) is 123 cm³/mol. The lowest BCUT2D eigenvalue weighted by Gasteiger charge is -2.40. The van der Waals surface area contributed by atoms with Gasteiger partial charge in [-0.3, -0.25) is 14.5 Å². The Hall–Kier alpha value is -3.00. The zero-order valence-corrected chi connectivity index (χ0v) is 19.4. The third-order valence-corrected chi connectivity index (χ3v) is 6.73. The van der Waals surface area contributed by atoms with Crippen LogP contribution in [0.1, 0.15) is 41.8 Å². The summed E-state index contributed by atoms with van der Waals surface area (Å²) < 4.78 is 16.0. The molecule has 1 aromatic heterocycles. The van der Waals surface area contributed by atoms with E-state index in [2.05, 4.69) is 10.2 Å². The number of amides is 2. The standard InChI is InChI=1S/C25H33N3O5/c1-31-21-14-19(15-22(16-21)32-2)25(30)28-11-9-27(10-12-28)23(18-6-3-4-7-18)24(29)26-17-20-8-5-13-33-20/h5,8,13-16,18,23H,3-4,6-7,9-12,17H2,1-2H3,(H,26,29). The number of nitrogens with zero attached hydrogens (tertiary/aromatic N) is 2. The molecule has 0 bridgehead atoms. The molecule has 1 atom stereocenters. The Morgan fingerprint density at radius 2 is 1.73 bits per heavy atom. The van der Waals surface area contributed by atoms with Crippen molar-refractivity contribution in [3.63, 3.8) is 0 Å². The Morgan fingerprint density at radius 1 is 1.06 bits per heavy atom. The summed E-state index contributed by atoms with van der Waals surface area (Å²) in [7, 11) is 3.14. The van der Waals surface area contributed by atoms with Crippen LogP contribution in [0, 0.1) is 5.92 Å². The van der Waals surface area contributed by atoms with Crippen molar-refractivity contribution < 1.29 is 23.5 Å². The molecule has 2 aromatic rings. The second-order valence-electron chi connectivity index (χ2n) is 8.72. The van der Waals surface area contributed by atoms with Crippen molar-refractivity contribution >= 4 is 11.8 Å². The normalized spacial score (nSPS) is 18.2. The van der Waals surface area contributed by atoms with Gasteiger partial charge in [0, 0.05) is 37.8 Å². The zero-order valence-electron chi connectivity index (χ0n) is 19.4. The Balaban J connectivity index is 1.40. The minimum absolute atomic E-state index is 0.0495. The van der Waals surface area contributed by atoms with E-state index in [1.807, 2.05) is 17.0 Å². The SMILES string of the molecule is COc1cc(OC)cc(C(=O)N2CCN(C(C(=O)NCc3ccco3)C3CCCC3)CC2)c1. The van der Waals surface area contributed by atoms with Gasteiger partial charge in [-0.15, -0.1) is 0 Å². The highest BCUT2D eigenvalue weighted by Gasteiger charge is 2.37. The largest absolute Gasteiger partial charge is 0.497 e. The average molecular weight is 456 g/mol. The van der Waals surface area contributed by atoms with Crippen LogP contribution in [0.25, 0.3) is 0 Å². The quantitative estimate of drug-likeness (QED) is 0.659. The summed E-state index contributed by atoms with van der Waals surface area (Å²) in [5.74, 6) is 2.28. The zero-order chi connectivity index (χ0) is 23.2. The van der Waals surface area contributed by atoms with Crippen LogP contribution in [0.5, 0.6) is 11.5 Å².